The zero-order chi connectivity index (χ0) is 12.7. The number of nitrogens with zero attached hydrogens (tertiary/aromatic N) is 2. The summed E-state index contributed by atoms with van der Waals surface area (Å²) in [6.45, 7) is 1.45. The molecule has 1 rings (SSSR count). The smallest absolute Gasteiger partial charge is 0.322 e. The third-order valence-corrected chi connectivity index (χ3v) is 2.15. The first-order chi connectivity index (χ1) is 8.15. The second-order valence-corrected chi connectivity index (χ2v) is 3.35. The minimum atomic E-state index is -1.06. The predicted octanol–water partition coefficient (Wildman–Crippen LogP) is -1.07. The van der Waals surface area contributed by atoms with E-state index in [1.807, 2.05) is 0 Å². The van der Waals surface area contributed by atoms with Gasteiger partial charge in [-0.3, -0.25) is 9.59 Å². The van der Waals surface area contributed by atoms with Gasteiger partial charge >= 0.3 is 5.97 Å². The number of carboxylic acids is 1. The molecule has 0 bridgehead atoms. The van der Waals surface area contributed by atoms with Gasteiger partial charge in [-0.15, -0.1) is 0 Å². The Hall–Kier alpha value is -2.07. The number of carboxylic acid groups (broad SMARTS) is 1. The van der Waals surface area contributed by atoms with Crippen molar-refractivity contribution in [2.45, 2.75) is 0 Å². The van der Waals surface area contributed by atoms with E-state index in [0.29, 0.717) is 26.3 Å². The molecule has 1 heterocycles. The molecule has 0 aromatic carbocycles. The van der Waals surface area contributed by atoms with Crippen molar-refractivity contribution >= 4 is 11.9 Å². The number of nitrogens with one attached hydrogen (secondary N) is 1. The molecular formula is C10H13N3O4. The fourth-order valence-corrected chi connectivity index (χ4v) is 1.32. The number of hydrogen-bond donors (Lipinski definition) is 2. The standard InChI is InChI=1S/C10H13N3O4/c11-5-8(6-12-7-9(14)15)10(16)13-1-3-17-4-2-13/h6,12H,1-4,7H2,(H,14,15)/b8-6-. The number of rotatable bonds is 4. The number of ether oxygens (including phenoxy) is 1. The van der Waals surface area contributed by atoms with Crippen molar-refractivity contribution in [3.05, 3.63) is 11.8 Å². The predicted molar refractivity (Wildman–Crippen MR) is 56.7 cm³/mol. The summed E-state index contributed by atoms with van der Waals surface area (Å²) >= 11 is 0. The lowest BCUT2D eigenvalue weighted by Crippen LogP contribution is -2.41. The van der Waals surface area contributed by atoms with Crippen LogP contribution in [0.2, 0.25) is 0 Å². The van der Waals surface area contributed by atoms with E-state index in [1.54, 1.807) is 6.07 Å². The van der Waals surface area contributed by atoms with E-state index in [2.05, 4.69) is 5.32 Å². The monoisotopic (exact) mass is 239 g/mol. The van der Waals surface area contributed by atoms with E-state index in [0.717, 1.165) is 6.20 Å². The summed E-state index contributed by atoms with van der Waals surface area (Å²) in [4.78, 5) is 23.6. The molecule has 92 valence electrons. The maximum Gasteiger partial charge on any atom is 0.322 e. The van der Waals surface area contributed by atoms with E-state index in [1.165, 1.54) is 4.90 Å². The molecule has 0 unspecified atom stereocenters. The van der Waals surface area contributed by atoms with Crippen LogP contribution in [-0.2, 0) is 14.3 Å². The molecular weight excluding hydrogens is 226 g/mol. The SMILES string of the molecule is N#C/C(=C/NCC(=O)O)C(=O)N1CCOCC1. The average molecular weight is 239 g/mol. The summed E-state index contributed by atoms with van der Waals surface area (Å²) in [5.74, 6) is -1.47. The van der Waals surface area contributed by atoms with Gasteiger partial charge in [0.25, 0.3) is 5.91 Å². The average Bonchev–Trinajstić information content (AvgIpc) is 2.34. The maximum absolute atomic E-state index is 11.8. The van der Waals surface area contributed by atoms with E-state index in [4.69, 9.17) is 15.1 Å². The number of nitriles is 1. The highest BCUT2D eigenvalue weighted by Gasteiger charge is 2.20. The van der Waals surface area contributed by atoms with Gasteiger partial charge in [0.2, 0.25) is 0 Å². The second kappa shape index (κ2) is 6.50. The van der Waals surface area contributed by atoms with Crippen LogP contribution < -0.4 is 5.32 Å². The van der Waals surface area contributed by atoms with Crippen LogP contribution in [0.15, 0.2) is 11.8 Å². The zero-order valence-corrected chi connectivity index (χ0v) is 9.18. The highest BCUT2D eigenvalue weighted by atomic mass is 16.5. The van der Waals surface area contributed by atoms with Crippen molar-refractivity contribution in [2.24, 2.45) is 0 Å². The molecule has 0 aromatic heterocycles. The fraction of sp³-hybridized carbons (Fsp3) is 0.500. The minimum absolute atomic E-state index is 0.104. The molecule has 0 spiro atoms. The minimum Gasteiger partial charge on any atom is -0.480 e. The van der Waals surface area contributed by atoms with Gasteiger partial charge < -0.3 is 20.1 Å². The molecule has 0 atom stereocenters. The summed E-state index contributed by atoms with van der Waals surface area (Å²) < 4.78 is 5.09. The molecule has 2 N–H and O–H groups in total. The van der Waals surface area contributed by atoms with Crippen molar-refractivity contribution in [3.8, 4) is 6.07 Å². The van der Waals surface area contributed by atoms with Crippen LogP contribution in [0.25, 0.3) is 0 Å². The fourth-order valence-electron chi connectivity index (χ4n) is 1.32. The topological polar surface area (TPSA) is 103 Å². The summed E-state index contributed by atoms with van der Waals surface area (Å²) in [5, 5.41) is 19.6. The molecule has 0 aromatic rings. The molecule has 0 aliphatic carbocycles. The van der Waals surface area contributed by atoms with Gasteiger partial charge in [-0.1, -0.05) is 0 Å². The Labute approximate surface area is 98.3 Å². The number of hydrogen-bond acceptors (Lipinski definition) is 5. The van der Waals surface area contributed by atoms with Gasteiger partial charge in [-0.2, -0.15) is 5.26 Å². The summed E-state index contributed by atoms with van der Waals surface area (Å²) in [5.41, 5.74) is -0.104. The third kappa shape index (κ3) is 4.12. The van der Waals surface area contributed by atoms with Gasteiger partial charge in [0.1, 0.15) is 18.2 Å². The van der Waals surface area contributed by atoms with Crippen LogP contribution in [0.3, 0.4) is 0 Å². The van der Waals surface area contributed by atoms with E-state index < -0.39 is 11.9 Å². The van der Waals surface area contributed by atoms with Gasteiger partial charge in [-0.05, 0) is 0 Å². The highest BCUT2D eigenvalue weighted by Crippen LogP contribution is 2.03. The third-order valence-electron chi connectivity index (χ3n) is 2.15. The normalized spacial score (nSPS) is 16.2. The molecule has 1 fully saturated rings. The number of carbonyl (C=O) groups excluding carboxylic acids is 1. The molecule has 17 heavy (non-hydrogen) atoms. The van der Waals surface area contributed by atoms with Crippen LogP contribution in [0.1, 0.15) is 0 Å². The lowest BCUT2D eigenvalue weighted by atomic mass is 10.2. The first-order valence-corrected chi connectivity index (χ1v) is 5.07. The first-order valence-electron chi connectivity index (χ1n) is 5.07. The Morgan fingerprint density at radius 2 is 2.12 bits per heavy atom. The molecule has 1 aliphatic rings. The Morgan fingerprint density at radius 1 is 1.47 bits per heavy atom. The van der Waals surface area contributed by atoms with Gasteiger partial charge in [0, 0.05) is 19.3 Å². The number of morpholine rings is 1. The maximum atomic E-state index is 11.8. The Balaban J connectivity index is 2.57. The van der Waals surface area contributed by atoms with Crippen LogP contribution >= 0.6 is 0 Å². The quantitative estimate of drug-likeness (QED) is 0.478. The Bertz CT molecular complexity index is 366. The number of aliphatic carboxylic acids is 1. The second-order valence-electron chi connectivity index (χ2n) is 3.35. The molecule has 7 heteroatoms. The largest absolute Gasteiger partial charge is 0.480 e. The number of carbonyl (C=O) groups is 2. The molecule has 0 radical (unpaired) electrons. The van der Waals surface area contributed by atoms with E-state index >= 15 is 0 Å². The van der Waals surface area contributed by atoms with Crippen molar-refractivity contribution in [1.29, 1.82) is 5.26 Å². The van der Waals surface area contributed by atoms with E-state index in [9.17, 15) is 9.59 Å². The van der Waals surface area contributed by atoms with Crippen molar-refractivity contribution < 1.29 is 19.4 Å². The Morgan fingerprint density at radius 3 is 2.65 bits per heavy atom. The first kappa shape index (κ1) is 13.0. The van der Waals surface area contributed by atoms with Gasteiger partial charge in [-0.25, -0.2) is 0 Å². The molecule has 7 nitrogen and oxygen atoms in total. The van der Waals surface area contributed by atoms with Gasteiger partial charge in [0.15, 0.2) is 0 Å². The summed E-state index contributed by atoms with van der Waals surface area (Å²) in [7, 11) is 0. The molecule has 1 aliphatic heterocycles. The lowest BCUT2D eigenvalue weighted by molar-refractivity contribution is -0.136. The Kier molecular flexibility index (Phi) is 4.97. The summed E-state index contributed by atoms with van der Waals surface area (Å²) in [6, 6.07) is 1.75. The lowest BCUT2D eigenvalue weighted by Gasteiger charge is -2.26. The van der Waals surface area contributed by atoms with Crippen molar-refractivity contribution in [2.75, 3.05) is 32.8 Å². The zero-order valence-electron chi connectivity index (χ0n) is 9.18. The van der Waals surface area contributed by atoms with Crippen LogP contribution in [0, 0.1) is 11.3 Å². The van der Waals surface area contributed by atoms with E-state index in [-0.39, 0.29) is 12.1 Å². The summed E-state index contributed by atoms with van der Waals surface area (Å²) in [6.07, 6.45) is 1.13. The van der Waals surface area contributed by atoms with Crippen LogP contribution in [0.4, 0.5) is 0 Å². The molecule has 1 saturated heterocycles. The van der Waals surface area contributed by atoms with Crippen molar-refractivity contribution in [1.82, 2.24) is 10.2 Å². The molecule has 0 saturated carbocycles. The number of amides is 1. The highest BCUT2D eigenvalue weighted by molar-refractivity contribution is 5.97. The van der Waals surface area contributed by atoms with Gasteiger partial charge in [0.05, 0.1) is 13.2 Å². The van der Waals surface area contributed by atoms with Crippen LogP contribution in [0.5, 0.6) is 0 Å². The van der Waals surface area contributed by atoms with Crippen LogP contribution in [-0.4, -0.2) is 54.7 Å². The molecule has 1 amide bonds. The van der Waals surface area contributed by atoms with Crippen molar-refractivity contribution in [3.63, 3.8) is 0 Å².